The van der Waals surface area contributed by atoms with E-state index >= 15 is 0 Å². The number of para-hydroxylation sites is 1. The summed E-state index contributed by atoms with van der Waals surface area (Å²) in [6.07, 6.45) is 4.00. The number of aldehydes is 1. The second kappa shape index (κ2) is 3.23. The topological polar surface area (TPSA) is 32.9 Å². The van der Waals surface area contributed by atoms with E-state index in [0.29, 0.717) is 0 Å². The van der Waals surface area contributed by atoms with Gasteiger partial charge in [0.2, 0.25) is 0 Å². The summed E-state index contributed by atoms with van der Waals surface area (Å²) in [7, 11) is 0. The van der Waals surface area contributed by atoms with Gasteiger partial charge in [-0.1, -0.05) is 18.2 Å². The van der Waals surface area contributed by atoms with Crippen LogP contribution in [0.1, 0.15) is 17.7 Å². The molecule has 2 aromatic rings. The highest BCUT2D eigenvalue weighted by molar-refractivity contribution is 5.85. The maximum absolute atomic E-state index is 10.8. The van der Waals surface area contributed by atoms with Gasteiger partial charge in [-0.25, -0.2) is 0 Å². The molecule has 1 aliphatic carbocycles. The Bertz CT molecular complexity index is 512. The summed E-state index contributed by atoms with van der Waals surface area (Å²) in [6.45, 7) is 0. The second-order valence-corrected chi connectivity index (χ2v) is 4.27. The normalized spacial score (nSPS) is 20.1. The number of aromatic nitrogens is 1. The zero-order valence-corrected chi connectivity index (χ0v) is 8.49. The van der Waals surface area contributed by atoms with Gasteiger partial charge in [-0.2, -0.15) is 0 Å². The van der Waals surface area contributed by atoms with E-state index in [-0.39, 0.29) is 5.92 Å². The Hall–Kier alpha value is -1.57. The fraction of sp³-hybridized carbons (Fsp3) is 0.308. The Morgan fingerprint density at radius 2 is 2.20 bits per heavy atom. The van der Waals surface area contributed by atoms with E-state index in [1.54, 1.807) is 0 Å². The molecule has 0 fully saturated rings. The van der Waals surface area contributed by atoms with Crippen molar-refractivity contribution in [1.82, 2.24) is 4.98 Å². The number of hydrogen-bond donors (Lipinski definition) is 1. The van der Waals surface area contributed by atoms with E-state index in [1.165, 1.54) is 22.2 Å². The van der Waals surface area contributed by atoms with Crippen molar-refractivity contribution in [2.45, 2.75) is 19.3 Å². The van der Waals surface area contributed by atoms with Crippen LogP contribution in [0.3, 0.4) is 0 Å². The average molecular weight is 199 g/mol. The van der Waals surface area contributed by atoms with E-state index in [4.69, 9.17) is 0 Å². The molecule has 2 heteroatoms. The van der Waals surface area contributed by atoms with Crippen LogP contribution in [0, 0.1) is 5.92 Å². The van der Waals surface area contributed by atoms with E-state index in [0.717, 1.165) is 25.5 Å². The lowest BCUT2D eigenvalue weighted by Gasteiger charge is -2.16. The highest BCUT2D eigenvalue weighted by Crippen LogP contribution is 2.30. The van der Waals surface area contributed by atoms with Crippen molar-refractivity contribution in [3.8, 4) is 0 Å². The molecule has 1 atom stereocenters. The van der Waals surface area contributed by atoms with Gasteiger partial charge in [0, 0.05) is 22.5 Å². The number of carbonyl (C=O) groups is 1. The number of hydrogen-bond acceptors (Lipinski definition) is 1. The molecule has 0 saturated heterocycles. The molecule has 0 bridgehead atoms. The van der Waals surface area contributed by atoms with Crippen LogP contribution >= 0.6 is 0 Å². The fourth-order valence-electron chi connectivity index (χ4n) is 2.53. The van der Waals surface area contributed by atoms with Gasteiger partial charge in [-0.3, -0.25) is 0 Å². The first-order chi connectivity index (χ1) is 7.38. The van der Waals surface area contributed by atoms with Gasteiger partial charge in [0.15, 0.2) is 0 Å². The van der Waals surface area contributed by atoms with Crippen LogP contribution in [0.5, 0.6) is 0 Å². The monoisotopic (exact) mass is 199 g/mol. The molecule has 2 nitrogen and oxygen atoms in total. The number of fused-ring (bicyclic) bond motifs is 3. The number of benzene rings is 1. The van der Waals surface area contributed by atoms with E-state index in [1.807, 2.05) is 6.07 Å². The smallest absolute Gasteiger partial charge is 0.123 e. The number of H-pyrrole nitrogens is 1. The predicted molar refractivity (Wildman–Crippen MR) is 59.9 cm³/mol. The Labute approximate surface area is 88.3 Å². The van der Waals surface area contributed by atoms with Gasteiger partial charge in [0.25, 0.3) is 0 Å². The van der Waals surface area contributed by atoms with Gasteiger partial charge in [0.1, 0.15) is 6.29 Å². The molecule has 0 spiro atoms. The van der Waals surface area contributed by atoms with Gasteiger partial charge in [0.05, 0.1) is 0 Å². The van der Waals surface area contributed by atoms with E-state index in [9.17, 15) is 4.79 Å². The first-order valence-electron chi connectivity index (χ1n) is 5.42. The molecule has 0 saturated carbocycles. The van der Waals surface area contributed by atoms with E-state index in [2.05, 4.69) is 23.2 Å². The minimum atomic E-state index is 0.213. The maximum Gasteiger partial charge on any atom is 0.123 e. The molecule has 1 N–H and O–H groups in total. The summed E-state index contributed by atoms with van der Waals surface area (Å²) in [4.78, 5) is 14.2. The molecule has 15 heavy (non-hydrogen) atoms. The van der Waals surface area contributed by atoms with Gasteiger partial charge >= 0.3 is 0 Å². The van der Waals surface area contributed by atoms with Crippen LogP contribution in [0.2, 0.25) is 0 Å². The highest BCUT2D eigenvalue weighted by Gasteiger charge is 2.21. The van der Waals surface area contributed by atoms with Gasteiger partial charge in [-0.05, 0) is 30.9 Å². The number of aryl methyl sites for hydroxylation is 1. The lowest BCUT2D eigenvalue weighted by molar-refractivity contribution is -0.111. The Morgan fingerprint density at radius 3 is 3.07 bits per heavy atom. The summed E-state index contributed by atoms with van der Waals surface area (Å²) in [5.74, 6) is 0.213. The Morgan fingerprint density at radius 1 is 1.33 bits per heavy atom. The van der Waals surface area contributed by atoms with Crippen LogP contribution in [-0.4, -0.2) is 11.3 Å². The Kier molecular flexibility index (Phi) is 1.88. The van der Waals surface area contributed by atoms with Crippen molar-refractivity contribution in [1.29, 1.82) is 0 Å². The van der Waals surface area contributed by atoms with Crippen molar-refractivity contribution in [2.75, 3.05) is 0 Å². The van der Waals surface area contributed by atoms with Crippen LogP contribution < -0.4 is 0 Å². The molecule has 1 aromatic heterocycles. The molecule has 1 unspecified atom stereocenters. The maximum atomic E-state index is 10.8. The lowest BCUT2D eigenvalue weighted by atomic mass is 9.88. The summed E-state index contributed by atoms with van der Waals surface area (Å²) >= 11 is 0. The largest absolute Gasteiger partial charge is 0.358 e. The van der Waals surface area contributed by atoms with Crippen LogP contribution in [0.4, 0.5) is 0 Å². The SMILES string of the molecule is O=CC1CCc2c([nH]c3ccccc23)C1. The molecule has 1 aliphatic rings. The standard InChI is InChI=1S/C13H13NO/c15-8-9-5-6-11-10-3-1-2-4-12(10)14-13(11)7-9/h1-4,8-9,14H,5-7H2. The number of nitrogens with one attached hydrogen (secondary N) is 1. The molecular formula is C13H13NO. The van der Waals surface area contributed by atoms with Crippen molar-refractivity contribution in [3.05, 3.63) is 35.5 Å². The molecule has 76 valence electrons. The summed E-state index contributed by atoms with van der Waals surface area (Å²) < 4.78 is 0. The minimum absolute atomic E-state index is 0.213. The Balaban J connectivity index is 2.16. The predicted octanol–water partition coefficient (Wildman–Crippen LogP) is 2.47. The van der Waals surface area contributed by atoms with Crippen LogP contribution in [0.25, 0.3) is 10.9 Å². The van der Waals surface area contributed by atoms with Crippen molar-refractivity contribution in [3.63, 3.8) is 0 Å². The molecule has 1 aromatic carbocycles. The number of carbonyl (C=O) groups excluding carboxylic acids is 1. The van der Waals surface area contributed by atoms with Crippen LogP contribution in [-0.2, 0) is 17.6 Å². The molecule has 0 aliphatic heterocycles. The average Bonchev–Trinajstić information content (AvgIpc) is 2.66. The fourth-order valence-corrected chi connectivity index (χ4v) is 2.53. The van der Waals surface area contributed by atoms with E-state index < -0.39 is 0 Å². The highest BCUT2D eigenvalue weighted by atomic mass is 16.1. The molecular weight excluding hydrogens is 186 g/mol. The summed E-state index contributed by atoms with van der Waals surface area (Å²) in [6, 6.07) is 8.37. The molecule has 0 amide bonds. The van der Waals surface area contributed by atoms with Crippen molar-refractivity contribution < 1.29 is 4.79 Å². The zero-order valence-electron chi connectivity index (χ0n) is 8.49. The van der Waals surface area contributed by atoms with Crippen molar-refractivity contribution >= 4 is 17.2 Å². The minimum Gasteiger partial charge on any atom is -0.358 e. The number of aromatic amines is 1. The third kappa shape index (κ3) is 1.29. The van der Waals surface area contributed by atoms with Gasteiger partial charge < -0.3 is 9.78 Å². The lowest BCUT2D eigenvalue weighted by Crippen LogP contribution is -2.14. The third-order valence-electron chi connectivity index (χ3n) is 3.33. The first-order valence-corrected chi connectivity index (χ1v) is 5.42. The zero-order chi connectivity index (χ0) is 10.3. The first kappa shape index (κ1) is 8.72. The summed E-state index contributed by atoms with van der Waals surface area (Å²) in [5.41, 5.74) is 3.89. The molecule has 0 radical (unpaired) electrons. The third-order valence-corrected chi connectivity index (χ3v) is 3.33. The van der Waals surface area contributed by atoms with Gasteiger partial charge in [-0.15, -0.1) is 0 Å². The molecule has 1 heterocycles. The van der Waals surface area contributed by atoms with Crippen molar-refractivity contribution in [2.24, 2.45) is 5.92 Å². The summed E-state index contributed by atoms with van der Waals surface area (Å²) in [5, 5.41) is 1.33. The van der Waals surface area contributed by atoms with Crippen LogP contribution in [0.15, 0.2) is 24.3 Å². The second-order valence-electron chi connectivity index (χ2n) is 4.27. The number of rotatable bonds is 1. The molecule has 3 rings (SSSR count). The quantitative estimate of drug-likeness (QED) is 0.703.